The minimum absolute atomic E-state index is 0.0820. The van der Waals surface area contributed by atoms with Crippen LogP contribution in [0.5, 0.6) is 0 Å². The van der Waals surface area contributed by atoms with Gasteiger partial charge in [0.1, 0.15) is 0 Å². The van der Waals surface area contributed by atoms with Gasteiger partial charge in [0, 0.05) is 12.3 Å². The SMILES string of the molecule is C/C=C1\C(=O)[C@@H]2[C@H](CC[C@]3(C)[C@@H]([C@H](C)CCC(=O)OCC)CC[C@@H]23)[C@@]2(C)CC[C@@H](O)C[C@@H]12. The molecule has 4 aliphatic carbocycles. The first-order valence-electron chi connectivity index (χ1n) is 13.2. The summed E-state index contributed by atoms with van der Waals surface area (Å²) >= 11 is 0. The fourth-order valence-electron chi connectivity index (χ4n) is 8.94. The third kappa shape index (κ3) is 3.69. The summed E-state index contributed by atoms with van der Waals surface area (Å²) in [5.74, 6) is 2.61. The van der Waals surface area contributed by atoms with Gasteiger partial charge in [-0.25, -0.2) is 0 Å². The number of hydrogen-bond acceptors (Lipinski definition) is 4. The lowest BCUT2D eigenvalue weighted by Gasteiger charge is -2.61. The predicted octanol–water partition coefficient (Wildman–Crippen LogP) is 5.72. The molecule has 0 radical (unpaired) electrons. The third-order valence-electron chi connectivity index (χ3n) is 10.6. The van der Waals surface area contributed by atoms with Crippen LogP contribution in [0.3, 0.4) is 0 Å². The van der Waals surface area contributed by atoms with Gasteiger partial charge in [0.15, 0.2) is 5.78 Å². The van der Waals surface area contributed by atoms with Crippen molar-refractivity contribution in [3.05, 3.63) is 11.6 Å². The van der Waals surface area contributed by atoms with E-state index in [9.17, 15) is 14.7 Å². The van der Waals surface area contributed by atoms with Crippen molar-refractivity contribution in [3.63, 3.8) is 0 Å². The number of Topliss-reactive ketones (excluding diaryl/α,β-unsaturated/α-hetero) is 1. The summed E-state index contributed by atoms with van der Waals surface area (Å²) in [6, 6.07) is 0. The Balaban J connectivity index is 1.57. The average Bonchev–Trinajstić information content (AvgIpc) is 3.11. The molecule has 9 atom stereocenters. The number of carbonyl (C=O) groups excluding carboxylic acids is 2. The van der Waals surface area contributed by atoms with Crippen LogP contribution < -0.4 is 0 Å². The predicted molar refractivity (Wildman–Crippen MR) is 126 cm³/mol. The summed E-state index contributed by atoms with van der Waals surface area (Å²) in [6.45, 7) is 11.5. The van der Waals surface area contributed by atoms with E-state index in [1.54, 1.807) is 0 Å². The fraction of sp³-hybridized carbons (Fsp3) is 0.857. The second kappa shape index (κ2) is 8.89. The number of aliphatic hydroxyl groups excluding tert-OH is 1. The molecule has 0 aliphatic heterocycles. The number of allylic oxidation sites excluding steroid dienone is 2. The molecule has 180 valence electrons. The van der Waals surface area contributed by atoms with E-state index in [2.05, 4.69) is 26.8 Å². The van der Waals surface area contributed by atoms with Crippen LogP contribution in [0.2, 0.25) is 0 Å². The topological polar surface area (TPSA) is 63.6 Å². The smallest absolute Gasteiger partial charge is 0.305 e. The number of fused-ring (bicyclic) bond motifs is 5. The highest BCUT2D eigenvalue weighted by molar-refractivity contribution is 5.99. The Hall–Kier alpha value is -1.16. The summed E-state index contributed by atoms with van der Waals surface area (Å²) in [7, 11) is 0. The van der Waals surface area contributed by atoms with Crippen LogP contribution in [0.15, 0.2) is 11.6 Å². The maximum absolute atomic E-state index is 13.9. The minimum atomic E-state index is -0.266. The highest BCUT2D eigenvalue weighted by Gasteiger charge is 2.64. The third-order valence-corrected chi connectivity index (χ3v) is 10.6. The first-order valence-corrected chi connectivity index (χ1v) is 13.2. The van der Waals surface area contributed by atoms with Crippen LogP contribution in [0.4, 0.5) is 0 Å². The number of ketones is 1. The van der Waals surface area contributed by atoms with E-state index in [1.165, 1.54) is 12.8 Å². The van der Waals surface area contributed by atoms with Gasteiger partial charge in [-0.05, 0) is 111 Å². The standard InChI is InChI=1S/C28H44O4/c1-6-19-23-16-18(29)12-14-28(23,5)22-13-15-27(4)20(9-10-21(27)25(22)26(19)31)17(3)8-11-24(30)32-7-2/h6,17-18,20-23,25,29H,7-16H2,1-5H3/b19-6-/t17-,18-,20-,21+,22+,23+,25+,27-,28-/m1/s1. The molecular formula is C28H44O4. The quantitative estimate of drug-likeness (QED) is 0.435. The fourth-order valence-corrected chi connectivity index (χ4v) is 8.94. The van der Waals surface area contributed by atoms with E-state index in [-0.39, 0.29) is 34.7 Å². The maximum Gasteiger partial charge on any atom is 0.305 e. The van der Waals surface area contributed by atoms with Crippen LogP contribution in [-0.2, 0) is 14.3 Å². The summed E-state index contributed by atoms with van der Waals surface area (Å²) in [4.78, 5) is 25.9. The Labute approximate surface area is 194 Å². The van der Waals surface area contributed by atoms with Crippen LogP contribution in [0.1, 0.15) is 92.4 Å². The lowest BCUT2D eigenvalue weighted by Crippen LogP contribution is -2.58. The summed E-state index contributed by atoms with van der Waals surface area (Å²) in [6.07, 6.45) is 10.5. The second-order valence-electron chi connectivity index (χ2n) is 11.9. The van der Waals surface area contributed by atoms with E-state index in [1.807, 2.05) is 13.8 Å². The monoisotopic (exact) mass is 444 g/mol. The molecule has 4 nitrogen and oxygen atoms in total. The van der Waals surface area contributed by atoms with Crippen molar-refractivity contribution >= 4 is 11.8 Å². The summed E-state index contributed by atoms with van der Waals surface area (Å²) in [5.41, 5.74) is 1.32. The molecule has 4 rings (SSSR count). The molecule has 32 heavy (non-hydrogen) atoms. The van der Waals surface area contributed by atoms with Gasteiger partial charge in [-0.1, -0.05) is 26.8 Å². The average molecular weight is 445 g/mol. The highest BCUT2D eigenvalue weighted by atomic mass is 16.5. The lowest BCUT2D eigenvalue weighted by atomic mass is 9.43. The molecule has 0 bridgehead atoms. The largest absolute Gasteiger partial charge is 0.466 e. The van der Waals surface area contributed by atoms with E-state index in [0.29, 0.717) is 42.5 Å². The van der Waals surface area contributed by atoms with Gasteiger partial charge in [0.05, 0.1) is 12.7 Å². The van der Waals surface area contributed by atoms with Crippen molar-refractivity contribution in [2.75, 3.05) is 6.61 Å². The molecule has 4 heteroatoms. The minimum Gasteiger partial charge on any atom is -0.466 e. The van der Waals surface area contributed by atoms with Crippen molar-refractivity contribution in [3.8, 4) is 0 Å². The number of ether oxygens (including phenoxy) is 1. The van der Waals surface area contributed by atoms with Gasteiger partial charge < -0.3 is 9.84 Å². The number of hydrogen-bond donors (Lipinski definition) is 1. The molecule has 1 N–H and O–H groups in total. The highest BCUT2D eigenvalue weighted by Crippen LogP contribution is 2.68. The maximum atomic E-state index is 13.9. The number of esters is 1. The van der Waals surface area contributed by atoms with Crippen molar-refractivity contribution in [2.45, 2.75) is 98.5 Å². The number of rotatable bonds is 5. The Morgan fingerprint density at radius 3 is 2.53 bits per heavy atom. The van der Waals surface area contributed by atoms with Crippen molar-refractivity contribution in [1.29, 1.82) is 0 Å². The number of carbonyl (C=O) groups is 2. The van der Waals surface area contributed by atoms with Crippen LogP contribution in [0, 0.1) is 46.3 Å². The molecule has 4 aliphatic rings. The summed E-state index contributed by atoms with van der Waals surface area (Å²) in [5, 5.41) is 10.4. The molecule has 0 aromatic carbocycles. The van der Waals surface area contributed by atoms with Gasteiger partial charge in [-0.3, -0.25) is 9.59 Å². The molecule has 0 aromatic heterocycles. The molecule has 0 aromatic rings. The van der Waals surface area contributed by atoms with Gasteiger partial charge in [0.25, 0.3) is 0 Å². The zero-order valence-electron chi connectivity index (χ0n) is 20.9. The normalized spacial score (nSPS) is 45.7. The van der Waals surface area contributed by atoms with Gasteiger partial charge in [-0.2, -0.15) is 0 Å². The van der Waals surface area contributed by atoms with Crippen LogP contribution in [-0.4, -0.2) is 29.6 Å². The van der Waals surface area contributed by atoms with E-state index in [4.69, 9.17) is 4.74 Å². The zero-order valence-corrected chi connectivity index (χ0v) is 20.9. The molecular weight excluding hydrogens is 400 g/mol. The van der Waals surface area contributed by atoms with Crippen molar-refractivity contribution in [2.24, 2.45) is 46.3 Å². The molecule has 0 saturated heterocycles. The Kier molecular flexibility index (Phi) is 6.66. The summed E-state index contributed by atoms with van der Waals surface area (Å²) < 4.78 is 5.16. The first-order chi connectivity index (χ1) is 15.2. The van der Waals surface area contributed by atoms with Gasteiger partial charge in [-0.15, -0.1) is 0 Å². The van der Waals surface area contributed by atoms with Gasteiger partial charge in [0.2, 0.25) is 0 Å². The lowest BCUT2D eigenvalue weighted by molar-refractivity contribution is -0.150. The Morgan fingerprint density at radius 2 is 1.84 bits per heavy atom. The van der Waals surface area contributed by atoms with Crippen molar-refractivity contribution in [1.82, 2.24) is 0 Å². The molecule has 0 heterocycles. The van der Waals surface area contributed by atoms with E-state index in [0.717, 1.165) is 44.1 Å². The zero-order chi connectivity index (χ0) is 23.3. The molecule has 0 amide bonds. The van der Waals surface area contributed by atoms with Crippen LogP contribution in [0.25, 0.3) is 0 Å². The first kappa shape index (κ1) is 24.0. The van der Waals surface area contributed by atoms with Crippen LogP contribution >= 0.6 is 0 Å². The molecule has 4 saturated carbocycles. The Morgan fingerprint density at radius 1 is 1.16 bits per heavy atom. The number of aliphatic hydroxyl groups is 1. The van der Waals surface area contributed by atoms with Crippen molar-refractivity contribution < 1.29 is 19.4 Å². The Bertz CT molecular complexity index is 771. The second-order valence-corrected chi connectivity index (χ2v) is 11.9. The van der Waals surface area contributed by atoms with Gasteiger partial charge >= 0.3 is 5.97 Å². The molecule has 0 unspecified atom stereocenters. The molecule has 0 spiro atoms. The van der Waals surface area contributed by atoms with E-state index < -0.39 is 0 Å². The van der Waals surface area contributed by atoms with E-state index >= 15 is 0 Å². The molecule has 4 fully saturated rings.